The monoisotopic (exact) mass is 948 g/mol. The van der Waals surface area contributed by atoms with E-state index in [1.54, 1.807) is 0 Å². The van der Waals surface area contributed by atoms with Gasteiger partial charge in [0, 0.05) is 77.0 Å². The van der Waals surface area contributed by atoms with E-state index in [0.29, 0.717) is 0 Å². The standard InChI is InChI=1S/C37H64N12O15S/c1-24(25(2)50)39-27(51)14-40(3)28(52)15-41(4)29(53)16-42(5)30(54)17-43(6)31(55)18-44(7)32(56)19-45(8)33(57)20-46(9)34(58)21-47(10)35(59)22-48(11)36(60)23-49(12)37(61)26(13-38)65(62,63)64/h24,26H,13-23,38H2,1-12H3,(H,39,51)(H,62,63,64)/t24-,26?/m0/s1. The highest BCUT2D eigenvalue weighted by Gasteiger charge is 2.33. The summed E-state index contributed by atoms with van der Waals surface area (Å²) in [5, 5.41) is 0.462. The zero-order valence-corrected chi connectivity index (χ0v) is 39.9. The Morgan fingerprint density at radius 3 is 0.815 bits per heavy atom. The normalized spacial score (nSPS) is 11.7. The van der Waals surface area contributed by atoms with Gasteiger partial charge in [0.25, 0.3) is 10.1 Å². The average Bonchev–Trinajstić information content (AvgIpc) is 3.19. The molecule has 27 nitrogen and oxygen atoms in total. The van der Waals surface area contributed by atoms with Crippen LogP contribution in [-0.2, 0) is 67.7 Å². The van der Waals surface area contributed by atoms with Gasteiger partial charge in [0.05, 0.1) is 71.5 Å². The highest BCUT2D eigenvalue weighted by atomic mass is 32.2. The van der Waals surface area contributed by atoms with E-state index in [9.17, 15) is 70.5 Å². The van der Waals surface area contributed by atoms with Crippen LogP contribution in [0.5, 0.6) is 0 Å². The first-order valence-electron chi connectivity index (χ1n) is 19.6. The topological polar surface area (TPSA) is 330 Å². The van der Waals surface area contributed by atoms with Crippen molar-refractivity contribution < 1.29 is 70.5 Å². The van der Waals surface area contributed by atoms with Crippen LogP contribution in [0.3, 0.4) is 0 Å². The summed E-state index contributed by atoms with van der Waals surface area (Å²) in [7, 11) is 7.88. The fourth-order valence-corrected chi connectivity index (χ4v) is 5.66. The molecular formula is C37H64N12O15S. The fraction of sp³-hybridized carbons (Fsp3) is 0.676. The van der Waals surface area contributed by atoms with Gasteiger partial charge in [0.1, 0.15) is 0 Å². The van der Waals surface area contributed by atoms with Crippen molar-refractivity contribution in [3.8, 4) is 0 Å². The number of carbonyl (C=O) groups is 12. The smallest absolute Gasteiger partial charge is 0.278 e. The van der Waals surface area contributed by atoms with Gasteiger partial charge in [-0.1, -0.05) is 0 Å². The lowest BCUT2D eigenvalue weighted by Crippen LogP contribution is -2.50. The highest BCUT2D eigenvalue weighted by molar-refractivity contribution is 7.87. The number of nitrogens with one attached hydrogen (secondary N) is 1. The molecule has 0 radical (unpaired) electrons. The molecule has 0 bridgehead atoms. The van der Waals surface area contributed by atoms with Gasteiger partial charge in [0.2, 0.25) is 65.0 Å². The molecule has 0 aliphatic rings. The van der Waals surface area contributed by atoms with Gasteiger partial charge in [-0.2, -0.15) is 8.42 Å². The Balaban J connectivity index is 4.97. The Morgan fingerprint density at radius 2 is 0.631 bits per heavy atom. The number of amides is 11. The summed E-state index contributed by atoms with van der Waals surface area (Å²) in [4.78, 5) is 161. The van der Waals surface area contributed by atoms with Crippen molar-refractivity contribution in [2.75, 3.05) is 142 Å². The molecule has 0 aliphatic heterocycles. The lowest BCUT2D eigenvalue weighted by molar-refractivity contribution is -0.146. The van der Waals surface area contributed by atoms with Gasteiger partial charge >= 0.3 is 0 Å². The van der Waals surface area contributed by atoms with Gasteiger partial charge in [-0.05, 0) is 13.8 Å². The zero-order chi connectivity index (χ0) is 50.8. The third-order valence-electron chi connectivity index (χ3n) is 9.78. The van der Waals surface area contributed by atoms with Crippen molar-refractivity contribution >= 4 is 80.9 Å². The maximum absolute atomic E-state index is 12.9. The summed E-state index contributed by atoms with van der Waals surface area (Å²) < 4.78 is 32.0. The minimum absolute atomic E-state index is 0.265. The van der Waals surface area contributed by atoms with Crippen molar-refractivity contribution in [2.24, 2.45) is 5.73 Å². The summed E-state index contributed by atoms with van der Waals surface area (Å²) in [5.41, 5.74) is 5.26. The van der Waals surface area contributed by atoms with E-state index < -0.39 is 152 Å². The largest absolute Gasteiger partial charge is 0.345 e. The van der Waals surface area contributed by atoms with Crippen LogP contribution in [0.2, 0.25) is 0 Å². The molecule has 0 fully saturated rings. The fourth-order valence-electron chi connectivity index (χ4n) is 4.98. The second-order valence-electron chi connectivity index (χ2n) is 15.6. The van der Waals surface area contributed by atoms with Crippen molar-refractivity contribution in [1.29, 1.82) is 0 Å². The van der Waals surface area contributed by atoms with Crippen LogP contribution in [0.1, 0.15) is 13.8 Å². The number of hydrogen-bond donors (Lipinski definition) is 3. The van der Waals surface area contributed by atoms with Gasteiger partial charge in [-0.15, -0.1) is 0 Å². The zero-order valence-electron chi connectivity index (χ0n) is 39.1. The van der Waals surface area contributed by atoms with Crippen LogP contribution in [0.15, 0.2) is 0 Å². The third kappa shape index (κ3) is 20.4. The molecule has 0 heterocycles. The number of Topliss-reactive ketones (excluding diaryl/α,β-unsaturated/α-hetero) is 1. The van der Waals surface area contributed by atoms with Crippen LogP contribution in [-0.4, -0.2) is 286 Å². The molecule has 0 aromatic carbocycles. The van der Waals surface area contributed by atoms with Crippen molar-refractivity contribution in [2.45, 2.75) is 25.1 Å². The SMILES string of the molecule is CC(=O)[C@H](C)NC(=O)CN(C)C(=O)CN(C)C(=O)CN(C)C(=O)CN(C)C(=O)CN(C)C(=O)CN(C)C(=O)CN(C)C(=O)CN(C)C(=O)CN(C)C(=O)CN(C)C(=O)C(CN)S(=O)(=O)O. The van der Waals surface area contributed by atoms with Crippen LogP contribution in [0.25, 0.3) is 0 Å². The predicted molar refractivity (Wildman–Crippen MR) is 229 cm³/mol. The van der Waals surface area contributed by atoms with Gasteiger partial charge in [-0.25, -0.2) is 0 Å². The van der Waals surface area contributed by atoms with Crippen LogP contribution >= 0.6 is 0 Å². The predicted octanol–water partition coefficient (Wildman–Crippen LogP) is -7.12. The van der Waals surface area contributed by atoms with Gasteiger partial charge in [-0.3, -0.25) is 62.1 Å². The summed E-state index contributed by atoms with van der Waals surface area (Å²) >= 11 is 0. The van der Waals surface area contributed by atoms with Gasteiger partial charge in [0.15, 0.2) is 11.0 Å². The molecule has 65 heavy (non-hydrogen) atoms. The van der Waals surface area contributed by atoms with Crippen LogP contribution < -0.4 is 11.1 Å². The lowest BCUT2D eigenvalue weighted by Gasteiger charge is -2.27. The summed E-state index contributed by atoms with van der Waals surface area (Å²) in [6, 6.07) is -0.734. The molecule has 0 spiro atoms. The molecule has 2 atom stereocenters. The molecule has 28 heteroatoms. The Morgan fingerprint density at radius 1 is 0.431 bits per heavy atom. The van der Waals surface area contributed by atoms with Crippen LogP contribution in [0, 0.1) is 0 Å². The average molecular weight is 949 g/mol. The Labute approximate surface area is 378 Å². The number of hydrogen-bond acceptors (Lipinski definition) is 15. The molecule has 4 N–H and O–H groups in total. The second-order valence-corrected chi connectivity index (χ2v) is 17.2. The van der Waals surface area contributed by atoms with Crippen molar-refractivity contribution in [1.82, 2.24) is 54.3 Å². The summed E-state index contributed by atoms with van der Waals surface area (Å²) in [5.74, 6) is -8.00. The van der Waals surface area contributed by atoms with E-state index in [-0.39, 0.29) is 12.3 Å². The molecule has 0 aliphatic carbocycles. The number of carbonyl (C=O) groups excluding carboxylic acids is 12. The Kier molecular flexibility index (Phi) is 23.9. The van der Waals surface area contributed by atoms with E-state index >= 15 is 0 Å². The molecule has 0 aromatic heterocycles. The number of ketones is 1. The minimum atomic E-state index is -4.83. The number of rotatable bonds is 25. The lowest BCUT2D eigenvalue weighted by atomic mass is 10.2. The number of likely N-dealkylation sites (N-methyl/N-ethyl adjacent to an activating group) is 10. The maximum atomic E-state index is 12.9. The first kappa shape index (κ1) is 58.7. The molecular weight excluding hydrogens is 885 g/mol. The molecule has 0 aromatic rings. The summed E-state index contributed by atoms with van der Waals surface area (Å²) in [6.07, 6.45) is 0. The first-order valence-corrected chi connectivity index (χ1v) is 21.1. The van der Waals surface area contributed by atoms with E-state index in [1.165, 1.54) is 77.3 Å². The molecule has 11 amide bonds. The molecule has 0 saturated carbocycles. The van der Waals surface area contributed by atoms with E-state index in [1.807, 2.05) is 0 Å². The molecule has 0 rings (SSSR count). The first-order chi connectivity index (χ1) is 29.7. The maximum Gasteiger partial charge on any atom is 0.278 e. The Hall–Kier alpha value is -6.29. The van der Waals surface area contributed by atoms with Crippen molar-refractivity contribution in [3.63, 3.8) is 0 Å². The highest BCUT2D eigenvalue weighted by Crippen LogP contribution is 2.04. The summed E-state index contributed by atoms with van der Waals surface area (Å²) in [6.45, 7) is -2.86. The molecule has 368 valence electrons. The third-order valence-corrected chi connectivity index (χ3v) is 10.9. The Bertz CT molecular complexity index is 1930. The molecule has 0 saturated heterocycles. The minimum Gasteiger partial charge on any atom is -0.345 e. The van der Waals surface area contributed by atoms with Crippen LogP contribution in [0.4, 0.5) is 0 Å². The quantitative estimate of drug-likeness (QED) is 0.0716. The van der Waals surface area contributed by atoms with E-state index in [0.717, 1.165) is 56.0 Å². The molecule has 1 unspecified atom stereocenters. The van der Waals surface area contributed by atoms with Gasteiger partial charge < -0.3 is 60.0 Å². The van der Waals surface area contributed by atoms with E-state index in [4.69, 9.17) is 5.73 Å². The number of nitrogens with zero attached hydrogens (tertiary/aromatic N) is 10. The van der Waals surface area contributed by atoms with E-state index in [2.05, 4.69) is 5.32 Å². The second kappa shape index (κ2) is 26.5. The van der Waals surface area contributed by atoms with Crippen molar-refractivity contribution in [3.05, 3.63) is 0 Å². The number of nitrogens with two attached hydrogens (primary N) is 1.